The van der Waals surface area contributed by atoms with Crippen LogP contribution in [0.4, 0.5) is 0 Å². The Kier molecular flexibility index (Phi) is 13.2. The Morgan fingerprint density at radius 2 is 1.32 bits per heavy atom. The number of carbonyl (C=O) groups excluding carboxylic acids is 2. The van der Waals surface area contributed by atoms with E-state index in [1.54, 1.807) is 0 Å². The highest BCUT2D eigenvalue weighted by atomic mass is 16.7. The molecule has 286 valence electrons. The topological polar surface area (TPSA) is 89.5 Å². The summed E-state index contributed by atoms with van der Waals surface area (Å²) in [5.41, 5.74) is 1.81. The van der Waals surface area contributed by atoms with Crippen LogP contribution in [0.1, 0.15) is 82.9 Å². The molecule has 0 aromatic heterocycles. The molecular weight excluding hydrogens is 668 g/mol. The molecule has 3 aliphatic carbocycles. The molecule has 3 aliphatic rings. The van der Waals surface area contributed by atoms with Crippen molar-refractivity contribution in [2.75, 3.05) is 26.8 Å². The summed E-state index contributed by atoms with van der Waals surface area (Å²) >= 11 is 0. The summed E-state index contributed by atoms with van der Waals surface area (Å²) in [6, 6.07) is 29.9. The number of hydrogen-bond acceptors (Lipinski definition) is 8. The van der Waals surface area contributed by atoms with Crippen molar-refractivity contribution in [1.29, 1.82) is 0 Å². The minimum atomic E-state index is -0.667. The number of carbonyl (C=O) groups is 2. The monoisotopic (exact) mass is 726 g/mol. The van der Waals surface area contributed by atoms with Gasteiger partial charge in [-0.2, -0.15) is 0 Å². The molecule has 0 spiro atoms. The third kappa shape index (κ3) is 8.79. The van der Waals surface area contributed by atoms with Crippen LogP contribution in [0, 0.1) is 34.0 Å². The first-order valence-electron chi connectivity index (χ1n) is 19.5. The highest BCUT2D eigenvalue weighted by Gasteiger charge is 2.69. The second kappa shape index (κ2) is 17.8. The van der Waals surface area contributed by atoms with Gasteiger partial charge in [0.25, 0.3) is 0 Å². The maximum Gasteiger partial charge on any atom is 0.332 e. The van der Waals surface area contributed by atoms with Gasteiger partial charge >= 0.3 is 5.97 Å². The van der Waals surface area contributed by atoms with Crippen molar-refractivity contribution < 1.29 is 38.0 Å². The molecule has 8 atom stereocenters. The number of rotatable bonds is 17. The highest BCUT2D eigenvalue weighted by molar-refractivity contribution is 5.85. The first-order chi connectivity index (χ1) is 25.7. The second-order valence-electron chi connectivity index (χ2n) is 16.1. The van der Waals surface area contributed by atoms with Crippen molar-refractivity contribution in [2.24, 2.45) is 34.0 Å². The van der Waals surface area contributed by atoms with Gasteiger partial charge in [-0.25, -0.2) is 4.79 Å². The van der Waals surface area contributed by atoms with E-state index in [1.165, 1.54) is 0 Å². The van der Waals surface area contributed by atoms with Gasteiger partial charge in [0.05, 0.1) is 32.5 Å². The summed E-state index contributed by atoms with van der Waals surface area (Å²) in [5, 5.41) is 0. The number of esters is 1. The fourth-order valence-corrected chi connectivity index (χ4v) is 10.0. The molecule has 8 heteroatoms. The van der Waals surface area contributed by atoms with Gasteiger partial charge in [0.1, 0.15) is 32.1 Å². The van der Waals surface area contributed by atoms with E-state index < -0.39 is 17.5 Å². The molecule has 0 heterocycles. The quantitative estimate of drug-likeness (QED) is 0.0776. The van der Waals surface area contributed by atoms with E-state index in [1.807, 2.05) is 91.0 Å². The van der Waals surface area contributed by atoms with Crippen LogP contribution in [-0.2, 0) is 57.8 Å². The molecule has 6 rings (SSSR count). The van der Waals surface area contributed by atoms with Gasteiger partial charge in [-0.05, 0) is 71.5 Å². The van der Waals surface area contributed by atoms with Crippen LogP contribution >= 0.6 is 0 Å². The summed E-state index contributed by atoms with van der Waals surface area (Å²) in [4.78, 5) is 28.1. The molecule has 0 aliphatic heterocycles. The van der Waals surface area contributed by atoms with Crippen molar-refractivity contribution in [2.45, 2.75) is 98.2 Å². The summed E-state index contributed by atoms with van der Waals surface area (Å²) in [5.74, 6) is -0.421. The predicted octanol–water partition coefficient (Wildman–Crippen LogP) is 8.70. The standard InChI is InChI=1S/C45H58O8/c1-5-43(3)25-39(53-40(47)30-48-26-34-15-9-6-10-16-34)44(4)37(29-51-31-49-27-35-17-11-7-12-18-35)21-23-45(24-22-38(46)41(44)45)33(2)42(43)52-32-50-28-36-19-13-8-14-20-36/h6-20,33,37,39,41-42H,5,21-32H2,1-4H3/t33-,37+,39-,41?,42+,43+,44+,45+/m1/s1. The number of Topliss-reactive ketones (excluding diaryl/α,β-unsaturated/α-hetero) is 1. The molecule has 0 N–H and O–H groups in total. The molecule has 3 aromatic carbocycles. The van der Waals surface area contributed by atoms with Gasteiger partial charge < -0.3 is 28.4 Å². The van der Waals surface area contributed by atoms with Crippen molar-refractivity contribution in [1.82, 2.24) is 0 Å². The maximum atomic E-state index is 14.3. The van der Waals surface area contributed by atoms with E-state index in [-0.39, 0.29) is 60.7 Å². The van der Waals surface area contributed by atoms with E-state index in [0.29, 0.717) is 39.3 Å². The second-order valence-corrected chi connectivity index (χ2v) is 16.1. The SMILES string of the molecule is CC[C@@]1(C)C[C@@H](OC(=O)COCc2ccccc2)[C@@]2(C)C3C(=O)CC[C@@]3(CC[C@H]2COCOCc2ccccc2)[C@H](C)[C@@H]1OCOCc1ccccc1. The fraction of sp³-hybridized carbons (Fsp3) is 0.556. The summed E-state index contributed by atoms with van der Waals surface area (Å²) in [7, 11) is 0. The lowest BCUT2D eigenvalue weighted by Crippen LogP contribution is -2.64. The van der Waals surface area contributed by atoms with Crippen LogP contribution < -0.4 is 0 Å². The Balaban J connectivity index is 1.25. The number of hydrogen-bond donors (Lipinski definition) is 0. The van der Waals surface area contributed by atoms with E-state index in [4.69, 9.17) is 28.4 Å². The Morgan fingerprint density at radius 3 is 1.91 bits per heavy atom. The van der Waals surface area contributed by atoms with Crippen LogP contribution in [0.5, 0.6) is 0 Å². The smallest absolute Gasteiger partial charge is 0.332 e. The van der Waals surface area contributed by atoms with Crippen LogP contribution in [0.2, 0.25) is 0 Å². The molecule has 0 amide bonds. The summed E-state index contributed by atoms with van der Waals surface area (Å²) in [6.45, 7) is 10.7. The molecule has 53 heavy (non-hydrogen) atoms. The van der Waals surface area contributed by atoms with Crippen LogP contribution in [0.25, 0.3) is 0 Å². The minimum Gasteiger partial charge on any atom is -0.460 e. The molecule has 8 nitrogen and oxygen atoms in total. The molecule has 2 bridgehead atoms. The number of ketones is 1. The third-order valence-electron chi connectivity index (χ3n) is 13.0. The maximum absolute atomic E-state index is 14.3. The van der Waals surface area contributed by atoms with Gasteiger partial charge in [0.15, 0.2) is 0 Å². The van der Waals surface area contributed by atoms with Crippen LogP contribution in [-0.4, -0.2) is 50.8 Å². The largest absolute Gasteiger partial charge is 0.460 e. The molecule has 1 unspecified atom stereocenters. The summed E-state index contributed by atoms with van der Waals surface area (Å²) < 4.78 is 37.5. The van der Waals surface area contributed by atoms with Crippen molar-refractivity contribution >= 4 is 11.8 Å². The average Bonchev–Trinajstić information content (AvgIpc) is 3.53. The molecule has 0 radical (unpaired) electrons. The number of ether oxygens (including phenoxy) is 6. The van der Waals surface area contributed by atoms with Gasteiger partial charge in [-0.1, -0.05) is 119 Å². The average molecular weight is 727 g/mol. The zero-order chi connectivity index (χ0) is 37.3. The molecule has 3 fully saturated rings. The first-order valence-corrected chi connectivity index (χ1v) is 19.5. The Morgan fingerprint density at radius 1 is 0.755 bits per heavy atom. The summed E-state index contributed by atoms with van der Waals surface area (Å²) in [6.07, 6.45) is 3.61. The molecule has 3 aromatic rings. The lowest BCUT2D eigenvalue weighted by molar-refractivity contribution is -0.241. The van der Waals surface area contributed by atoms with Crippen molar-refractivity contribution in [3.8, 4) is 0 Å². The van der Waals surface area contributed by atoms with Gasteiger partial charge in [0, 0.05) is 17.8 Å². The zero-order valence-corrected chi connectivity index (χ0v) is 32.0. The Labute approximate surface area is 315 Å². The Bertz CT molecular complexity index is 1600. The van der Waals surface area contributed by atoms with Gasteiger partial charge in [0.2, 0.25) is 0 Å². The highest BCUT2D eigenvalue weighted by Crippen LogP contribution is 2.68. The number of benzene rings is 3. The minimum absolute atomic E-state index is 0.0222. The first kappa shape index (κ1) is 39.3. The van der Waals surface area contributed by atoms with Crippen molar-refractivity contribution in [3.05, 3.63) is 108 Å². The van der Waals surface area contributed by atoms with Crippen LogP contribution in [0.3, 0.4) is 0 Å². The lowest BCUT2D eigenvalue weighted by atomic mass is 9.43. The van der Waals surface area contributed by atoms with Crippen LogP contribution in [0.15, 0.2) is 91.0 Å². The fourth-order valence-electron chi connectivity index (χ4n) is 10.0. The van der Waals surface area contributed by atoms with E-state index >= 15 is 0 Å². The van der Waals surface area contributed by atoms with Gasteiger partial charge in [-0.15, -0.1) is 0 Å². The molecule has 0 saturated heterocycles. The van der Waals surface area contributed by atoms with E-state index in [9.17, 15) is 9.59 Å². The normalized spacial score (nSPS) is 31.0. The van der Waals surface area contributed by atoms with E-state index in [2.05, 4.69) is 27.7 Å². The molecule has 3 saturated carbocycles. The van der Waals surface area contributed by atoms with E-state index in [0.717, 1.165) is 42.4 Å². The van der Waals surface area contributed by atoms with Crippen molar-refractivity contribution in [3.63, 3.8) is 0 Å². The zero-order valence-electron chi connectivity index (χ0n) is 32.0. The van der Waals surface area contributed by atoms with Gasteiger partial charge in [-0.3, -0.25) is 4.79 Å². The predicted molar refractivity (Wildman–Crippen MR) is 202 cm³/mol. The Hall–Kier alpha value is -3.40. The lowest BCUT2D eigenvalue weighted by Gasteiger charge is -2.63. The third-order valence-corrected chi connectivity index (χ3v) is 13.0. The molecular formula is C45H58O8.